The first-order valence-electron chi connectivity index (χ1n) is 11.0. The Balaban J connectivity index is 1.49. The highest BCUT2D eigenvalue weighted by atomic mass is 35.5. The van der Waals surface area contributed by atoms with Crippen molar-refractivity contribution in [2.45, 2.75) is 20.0 Å². The molecule has 0 saturated heterocycles. The van der Waals surface area contributed by atoms with Crippen LogP contribution in [-0.4, -0.2) is 5.97 Å². The Bertz CT molecular complexity index is 1300. The average molecular weight is 510 g/mol. The Morgan fingerprint density at radius 1 is 1.11 bits per heavy atom. The van der Waals surface area contributed by atoms with Crippen LogP contribution in [0.15, 0.2) is 78.9 Å². The molecule has 0 heterocycles. The molecule has 0 aliphatic heterocycles. The highest BCUT2D eigenvalue weighted by molar-refractivity contribution is 6.48. The largest absolute Gasteiger partial charge is 0.454 e. The molecular weight excluding hydrogens is 488 g/mol. The van der Waals surface area contributed by atoms with Gasteiger partial charge in [0.1, 0.15) is 11.8 Å². The molecule has 0 amide bonds. The third-order valence-corrected chi connectivity index (χ3v) is 6.79. The molecule has 178 valence electrons. The van der Waals surface area contributed by atoms with E-state index in [9.17, 15) is 14.4 Å². The van der Waals surface area contributed by atoms with E-state index < -0.39 is 29.2 Å². The van der Waals surface area contributed by atoms with Crippen molar-refractivity contribution >= 4 is 34.2 Å². The maximum atomic E-state index is 14.3. The molecule has 0 bridgehead atoms. The zero-order chi connectivity index (χ0) is 25.2. The summed E-state index contributed by atoms with van der Waals surface area (Å²) in [6, 6.07) is 21.7. The second kappa shape index (κ2) is 10.1. The number of carbonyl (C=O) groups is 1. The summed E-state index contributed by atoms with van der Waals surface area (Å²) in [6.45, 7) is 3.88. The molecule has 4 rings (SSSR count). The molecule has 3 aromatic rings. The molecule has 0 aromatic heterocycles. The van der Waals surface area contributed by atoms with Gasteiger partial charge >= 0.3 is 5.97 Å². The van der Waals surface area contributed by atoms with Gasteiger partial charge in [-0.1, -0.05) is 79.5 Å². The Kier molecular flexibility index (Phi) is 7.16. The summed E-state index contributed by atoms with van der Waals surface area (Å²) in [6.07, 6.45) is 0.621. The van der Waals surface area contributed by atoms with Crippen LogP contribution in [0.1, 0.15) is 31.1 Å². The van der Waals surface area contributed by atoms with Crippen LogP contribution < -0.4 is 4.74 Å². The van der Waals surface area contributed by atoms with E-state index in [1.807, 2.05) is 32.1 Å². The number of hydrogen-bond acceptors (Lipinski definition) is 4. The van der Waals surface area contributed by atoms with Gasteiger partial charge in [-0.3, -0.25) is 4.79 Å². The van der Waals surface area contributed by atoms with Crippen molar-refractivity contribution in [2.24, 2.45) is 17.3 Å². The van der Waals surface area contributed by atoms with Crippen molar-refractivity contribution in [3.05, 3.63) is 101 Å². The van der Waals surface area contributed by atoms with Gasteiger partial charge in [-0.2, -0.15) is 5.26 Å². The summed E-state index contributed by atoms with van der Waals surface area (Å²) < 4.78 is 25.5. The van der Waals surface area contributed by atoms with Gasteiger partial charge in [0, 0.05) is 15.6 Å². The standard InChI is InChI=1S/C28H22Cl2FNO3/c1-28(2)21(15-22(30)17-8-11-19(29)12-9-17)26(28)27(33)35-25(16-32)18-10-13-23(31)24(14-18)34-20-6-4-3-5-7-20/h3-15,21,25-26H,1-2H3/b22-15-/t21-,25+,26-/m1/s1. The van der Waals surface area contributed by atoms with Gasteiger partial charge in [0.05, 0.1) is 5.92 Å². The quantitative estimate of drug-likeness (QED) is 0.303. The molecule has 0 N–H and O–H groups in total. The van der Waals surface area contributed by atoms with E-state index in [1.165, 1.54) is 18.2 Å². The first-order chi connectivity index (χ1) is 16.7. The molecule has 0 unspecified atom stereocenters. The van der Waals surface area contributed by atoms with Crippen molar-refractivity contribution in [1.29, 1.82) is 5.26 Å². The van der Waals surface area contributed by atoms with Gasteiger partial charge in [-0.25, -0.2) is 4.39 Å². The van der Waals surface area contributed by atoms with Gasteiger partial charge in [0.25, 0.3) is 0 Å². The summed E-state index contributed by atoms with van der Waals surface area (Å²) in [7, 11) is 0. The fourth-order valence-electron chi connectivity index (χ4n) is 4.04. The number of halogens is 3. The van der Waals surface area contributed by atoms with Crippen molar-refractivity contribution in [1.82, 2.24) is 0 Å². The Morgan fingerprint density at radius 2 is 1.80 bits per heavy atom. The summed E-state index contributed by atoms with van der Waals surface area (Å²) in [5, 5.41) is 10.8. The van der Waals surface area contributed by atoms with Crippen LogP contribution in [0.25, 0.3) is 5.03 Å². The van der Waals surface area contributed by atoms with E-state index in [0.717, 1.165) is 5.56 Å². The summed E-state index contributed by atoms with van der Waals surface area (Å²) in [5.74, 6) is -1.36. The number of carbonyl (C=O) groups excluding carboxylic acids is 1. The average Bonchev–Trinajstić information content (AvgIpc) is 3.39. The maximum absolute atomic E-state index is 14.3. The first kappa shape index (κ1) is 24.8. The van der Waals surface area contributed by atoms with E-state index in [1.54, 1.807) is 48.5 Å². The molecule has 3 atom stereocenters. The Morgan fingerprint density at radius 3 is 2.46 bits per heavy atom. The number of para-hydroxylation sites is 1. The zero-order valence-corrected chi connectivity index (χ0v) is 20.6. The topological polar surface area (TPSA) is 59.3 Å². The molecule has 1 aliphatic carbocycles. The zero-order valence-electron chi connectivity index (χ0n) is 19.0. The maximum Gasteiger partial charge on any atom is 0.311 e. The number of esters is 1. The van der Waals surface area contributed by atoms with Crippen LogP contribution in [0.2, 0.25) is 5.02 Å². The molecule has 1 saturated carbocycles. The van der Waals surface area contributed by atoms with Crippen LogP contribution in [0.5, 0.6) is 11.5 Å². The fraction of sp³-hybridized carbons (Fsp3) is 0.214. The predicted molar refractivity (Wildman–Crippen MR) is 133 cm³/mol. The fourth-order valence-corrected chi connectivity index (χ4v) is 4.42. The SMILES string of the molecule is CC1(C)[C@H](/C=C(\Cl)c2ccc(Cl)cc2)[C@@H]1C(=O)O[C@@H](C#N)c1ccc(F)c(Oc2ccccc2)c1. The number of ether oxygens (including phenoxy) is 2. The second-order valence-corrected chi connectivity index (χ2v) is 9.74. The normalized spacial score (nSPS) is 19.4. The van der Waals surface area contributed by atoms with E-state index in [-0.39, 0.29) is 11.7 Å². The van der Waals surface area contributed by atoms with E-state index in [2.05, 4.69) is 0 Å². The van der Waals surface area contributed by atoms with Crippen molar-refractivity contribution < 1.29 is 18.7 Å². The highest BCUT2D eigenvalue weighted by Crippen LogP contribution is 2.60. The summed E-state index contributed by atoms with van der Waals surface area (Å²) >= 11 is 12.4. The van der Waals surface area contributed by atoms with Gasteiger partial charge in [-0.15, -0.1) is 0 Å². The number of benzene rings is 3. The highest BCUT2D eigenvalue weighted by Gasteiger charge is 2.62. The molecule has 0 radical (unpaired) electrons. The first-order valence-corrected chi connectivity index (χ1v) is 11.7. The van der Waals surface area contributed by atoms with Crippen molar-refractivity contribution in [3.8, 4) is 17.6 Å². The van der Waals surface area contributed by atoms with Gasteiger partial charge in [0.2, 0.25) is 6.10 Å². The lowest BCUT2D eigenvalue weighted by atomic mass is 10.1. The number of hydrogen-bond donors (Lipinski definition) is 0. The number of nitriles is 1. The minimum atomic E-state index is -1.21. The summed E-state index contributed by atoms with van der Waals surface area (Å²) in [5.41, 5.74) is 0.713. The van der Waals surface area contributed by atoms with Gasteiger partial charge in [-0.05, 0) is 53.3 Å². The minimum absolute atomic E-state index is 0.0627. The number of nitrogens with zero attached hydrogens (tertiary/aromatic N) is 1. The summed E-state index contributed by atoms with van der Waals surface area (Å²) in [4.78, 5) is 13.0. The number of rotatable bonds is 7. The molecule has 4 nitrogen and oxygen atoms in total. The van der Waals surface area contributed by atoms with Crippen molar-refractivity contribution in [2.75, 3.05) is 0 Å². The van der Waals surface area contributed by atoms with E-state index in [0.29, 0.717) is 21.4 Å². The molecule has 3 aromatic carbocycles. The van der Waals surface area contributed by atoms with Crippen molar-refractivity contribution in [3.63, 3.8) is 0 Å². The minimum Gasteiger partial charge on any atom is -0.454 e. The third-order valence-electron chi connectivity index (χ3n) is 6.19. The Hall–Kier alpha value is -3.33. The van der Waals surface area contributed by atoms with Crippen LogP contribution in [0.4, 0.5) is 4.39 Å². The van der Waals surface area contributed by atoms with Crippen LogP contribution in [-0.2, 0) is 9.53 Å². The second-order valence-electron chi connectivity index (χ2n) is 8.90. The lowest BCUT2D eigenvalue weighted by Crippen LogP contribution is -2.14. The predicted octanol–water partition coefficient (Wildman–Crippen LogP) is 7.93. The smallest absolute Gasteiger partial charge is 0.311 e. The lowest BCUT2D eigenvalue weighted by molar-refractivity contribution is -0.149. The molecule has 0 spiro atoms. The molecular formula is C28H22Cl2FNO3. The monoisotopic (exact) mass is 509 g/mol. The third kappa shape index (κ3) is 5.51. The van der Waals surface area contributed by atoms with Gasteiger partial charge in [0.15, 0.2) is 11.6 Å². The number of allylic oxidation sites excluding steroid dienone is 1. The molecule has 1 aliphatic rings. The van der Waals surface area contributed by atoms with Gasteiger partial charge < -0.3 is 9.47 Å². The van der Waals surface area contributed by atoms with E-state index >= 15 is 0 Å². The lowest BCUT2D eigenvalue weighted by Gasteiger charge is -2.14. The Labute approximate surface area is 213 Å². The van der Waals surface area contributed by atoms with E-state index in [4.69, 9.17) is 32.7 Å². The van der Waals surface area contributed by atoms with Crippen LogP contribution in [0, 0.1) is 34.4 Å². The molecule has 1 fully saturated rings. The van der Waals surface area contributed by atoms with Crippen LogP contribution in [0.3, 0.4) is 0 Å². The molecule has 7 heteroatoms. The van der Waals surface area contributed by atoms with Crippen LogP contribution >= 0.6 is 23.2 Å². The molecule has 35 heavy (non-hydrogen) atoms.